The van der Waals surface area contributed by atoms with Gasteiger partial charge in [-0.05, 0) is 29.7 Å². The first-order valence-corrected chi connectivity index (χ1v) is 8.77. The van der Waals surface area contributed by atoms with Crippen molar-refractivity contribution in [2.75, 3.05) is 13.2 Å². The lowest BCUT2D eigenvalue weighted by Crippen LogP contribution is -2.34. The topological polar surface area (TPSA) is 114 Å². The number of carbonyl (C=O) groups is 2. The standard InChI is InChI=1S/C20H25N3O4/c21-12-15-6-8-17(9-7-15)19(24)22-11-10-18(20(25)23-26)14-27-13-16-4-2-1-3-5-16/h1-9,18,26H,10-14,21H2,(H,22,24)(H,23,25). The zero-order valence-electron chi connectivity index (χ0n) is 15.1. The van der Waals surface area contributed by atoms with E-state index in [0.29, 0.717) is 25.1 Å². The molecule has 7 heteroatoms. The summed E-state index contributed by atoms with van der Waals surface area (Å²) in [6.07, 6.45) is 0.341. The second kappa shape index (κ2) is 11.1. The van der Waals surface area contributed by atoms with E-state index in [1.54, 1.807) is 29.7 Å². The predicted octanol–water partition coefficient (Wildman–Crippen LogP) is 1.60. The van der Waals surface area contributed by atoms with Gasteiger partial charge in [-0.1, -0.05) is 42.5 Å². The molecule has 0 bridgehead atoms. The number of hydrogen-bond acceptors (Lipinski definition) is 5. The molecule has 0 aromatic heterocycles. The van der Waals surface area contributed by atoms with Crippen molar-refractivity contribution < 1.29 is 19.5 Å². The zero-order valence-corrected chi connectivity index (χ0v) is 15.1. The molecule has 7 nitrogen and oxygen atoms in total. The molecule has 0 saturated carbocycles. The van der Waals surface area contributed by atoms with Crippen LogP contribution in [-0.2, 0) is 22.7 Å². The Hall–Kier alpha value is -2.74. The number of hydrogen-bond donors (Lipinski definition) is 4. The first kappa shape index (κ1) is 20.6. The number of amides is 2. The van der Waals surface area contributed by atoms with Crippen LogP contribution in [0.3, 0.4) is 0 Å². The number of ether oxygens (including phenoxy) is 1. The smallest absolute Gasteiger partial charge is 0.251 e. The van der Waals surface area contributed by atoms with E-state index < -0.39 is 11.8 Å². The highest BCUT2D eigenvalue weighted by molar-refractivity contribution is 5.94. The zero-order chi connectivity index (χ0) is 19.5. The minimum Gasteiger partial charge on any atom is -0.376 e. The maximum absolute atomic E-state index is 12.1. The van der Waals surface area contributed by atoms with E-state index in [1.165, 1.54) is 0 Å². The van der Waals surface area contributed by atoms with Crippen molar-refractivity contribution in [3.05, 3.63) is 71.3 Å². The van der Waals surface area contributed by atoms with Gasteiger partial charge in [-0.3, -0.25) is 14.8 Å². The molecule has 0 aliphatic heterocycles. The quantitative estimate of drug-likeness (QED) is 0.374. The fourth-order valence-electron chi connectivity index (χ4n) is 2.53. The van der Waals surface area contributed by atoms with Crippen LogP contribution in [-0.4, -0.2) is 30.2 Å². The van der Waals surface area contributed by atoms with Gasteiger partial charge in [0.2, 0.25) is 5.91 Å². The third-order valence-corrected chi connectivity index (χ3v) is 4.14. The summed E-state index contributed by atoms with van der Waals surface area (Å²) >= 11 is 0. The first-order valence-electron chi connectivity index (χ1n) is 8.77. The maximum Gasteiger partial charge on any atom is 0.251 e. The van der Waals surface area contributed by atoms with Gasteiger partial charge in [0.1, 0.15) is 0 Å². The molecule has 2 amide bonds. The van der Waals surface area contributed by atoms with Crippen LogP contribution in [0.25, 0.3) is 0 Å². The highest BCUT2D eigenvalue weighted by atomic mass is 16.5. The molecule has 0 heterocycles. The molecule has 0 radical (unpaired) electrons. The van der Waals surface area contributed by atoms with Crippen molar-refractivity contribution in [1.82, 2.24) is 10.8 Å². The largest absolute Gasteiger partial charge is 0.376 e. The van der Waals surface area contributed by atoms with Gasteiger partial charge in [-0.2, -0.15) is 0 Å². The van der Waals surface area contributed by atoms with Gasteiger partial charge in [-0.15, -0.1) is 0 Å². The molecule has 0 aliphatic rings. The van der Waals surface area contributed by atoms with Crippen molar-refractivity contribution in [2.45, 2.75) is 19.6 Å². The summed E-state index contributed by atoms with van der Waals surface area (Å²) in [5, 5.41) is 11.7. The average molecular weight is 371 g/mol. The number of nitrogens with one attached hydrogen (secondary N) is 2. The van der Waals surface area contributed by atoms with Crippen LogP contribution in [0.5, 0.6) is 0 Å². The second-order valence-corrected chi connectivity index (χ2v) is 6.12. The number of benzene rings is 2. The van der Waals surface area contributed by atoms with Gasteiger partial charge < -0.3 is 15.8 Å². The Kier molecular flexibility index (Phi) is 8.44. The highest BCUT2D eigenvalue weighted by Crippen LogP contribution is 2.08. The van der Waals surface area contributed by atoms with Crippen LogP contribution >= 0.6 is 0 Å². The monoisotopic (exact) mass is 371 g/mol. The predicted molar refractivity (Wildman–Crippen MR) is 101 cm³/mol. The van der Waals surface area contributed by atoms with Crippen molar-refractivity contribution in [2.24, 2.45) is 11.7 Å². The molecule has 2 rings (SSSR count). The third-order valence-electron chi connectivity index (χ3n) is 4.14. The second-order valence-electron chi connectivity index (χ2n) is 6.12. The van der Waals surface area contributed by atoms with E-state index in [4.69, 9.17) is 15.7 Å². The Morgan fingerprint density at radius 3 is 2.37 bits per heavy atom. The highest BCUT2D eigenvalue weighted by Gasteiger charge is 2.18. The van der Waals surface area contributed by atoms with E-state index >= 15 is 0 Å². The molecule has 0 saturated heterocycles. The SMILES string of the molecule is NCc1ccc(C(=O)NCCC(COCc2ccccc2)C(=O)NO)cc1. The van der Waals surface area contributed by atoms with E-state index in [1.807, 2.05) is 30.3 Å². The fraction of sp³-hybridized carbons (Fsp3) is 0.300. The van der Waals surface area contributed by atoms with Gasteiger partial charge in [-0.25, -0.2) is 5.48 Å². The van der Waals surface area contributed by atoms with Crippen molar-refractivity contribution in [1.29, 1.82) is 0 Å². The molecule has 2 aromatic carbocycles. The third kappa shape index (κ3) is 6.82. The summed E-state index contributed by atoms with van der Waals surface area (Å²) in [6.45, 7) is 1.21. The lowest BCUT2D eigenvalue weighted by Gasteiger charge is -2.15. The van der Waals surface area contributed by atoms with Gasteiger partial charge in [0.25, 0.3) is 5.91 Å². The maximum atomic E-state index is 12.1. The molecule has 1 atom stereocenters. The Balaban J connectivity index is 1.79. The minimum atomic E-state index is -0.571. The van der Waals surface area contributed by atoms with Crippen molar-refractivity contribution >= 4 is 11.8 Å². The first-order chi connectivity index (χ1) is 13.1. The molecular weight excluding hydrogens is 346 g/mol. The molecule has 5 N–H and O–H groups in total. The lowest BCUT2D eigenvalue weighted by atomic mass is 10.1. The molecule has 1 unspecified atom stereocenters. The van der Waals surface area contributed by atoms with Crippen molar-refractivity contribution in [3.8, 4) is 0 Å². The van der Waals surface area contributed by atoms with E-state index in [-0.39, 0.29) is 19.1 Å². The van der Waals surface area contributed by atoms with Gasteiger partial charge >= 0.3 is 0 Å². The average Bonchev–Trinajstić information content (AvgIpc) is 2.72. The lowest BCUT2D eigenvalue weighted by molar-refractivity contribution is -0.135. The minimum absolute atomic E-state index is 0.141. The number of carbonyl (C=O) groups excluding carboxylic acids is 2. The molecular formula is C20H25N3O4. The van der Waals surface area contributed by atoms with Crippen LogP contribution in [0.15, 0.2) is 54.6 Å². The molecule has 2 aromatic rings. The fourth-order valence-corrected chi connectivity index (χ4v) is 2.53. The van der Waals surface area contributed by atoms with Gasteiger partial charge in [0.15, 0.2) is 0 Å². The van der Waals surface area contributed by atoms with Gasteiger partial charge in [0, 0.05) is 18.7 Å². The number of hydroxylamine groups is 1. The Morgan fingerprint density at radius 1 is 1.04 bits per heavy atom. The molecule has 0 fully saturated rings. The van der Waals surface area contributed by atoms with Crippen LogP contribution in [0, 0.1) is 5.92 Å². The molecule has 0 spiro atoms. The summed E-state index contributed by atoms with van der Waals surface area (Å²) in [6, 6.07) is 16.6. The van der Waals surface area contributed by atoms with E-state index in [9.17, 15) is 9.59 Å². The Morgan fingerprint density at radius 2 is 1.74 bits per heavy atom. The van der Waals surface area contributed by atoms with Crippen LogP contribution in [0.1, 0.15) is 27.9 Å². The number of nitrogens with two attached hydrogens (primary N) is 1. The van der Waals surface area contributed by atoms with Crippen molar-refractivity contribution in [3.63, 3.8) is 0 Å². The summed E-state index contributed by atoms with van der Waals surface area (Å²) in [5.41, 5.74) is 9.66. The van der Waals surface area contributed by atoms with Crippen LogP contribution in [0.4, 0.5) is 0 Å². The number of rotatable bonds is 10. The van der Waals surface area contributed by atoms with Crippen LogP contribution < -0.4 is 16.5 Å². The molecule has 27 heavy (non-hydrogen) atoms. The Bertz CT molecular complexity index is 720. The Labute approximate surface area is 158 Å². The van der Waals surface area contributed by atoms with E-state index in [2.05, 4.69) is 5.32 Å². The normalized spacial score (nSPS) is 11.6. The molecule has 144 valence electrons. The van der Waals surface area contributed by atoms with Gasteiger partial charge in [0.05, 0.1) is 19.1 Å². The summed E-state index contributed by atoms with van der Waals surface area (Å²) in [5.74, 6) is -1.34. The van der Waals surface area contributed by atoms with E-state index in [0.717, 1.165) is 11.1 Å². The summed E-state index contributed by atoms with van der Waals surface area (Å²) < 4.78 is 5.58. The summed E-state index contributed by atoms with van der Waals surface area (Å²) in [4.78, 5) is 23.9. The summed E-state index contributed by atoms with van der Waals surface area (Å²) in [7, 11) is 0. The molecule has 0 aliphatic carbocycles. The van der Waals surface area contributed by atoms with Crippen LogP contribution in [0.2, 0.25) is 0 Å².